The first-order chi connectivity index (χ1) is 7.59. The molecule has 0 aromatic rings. The van der Waals surface area contributed by atoms with Crippen molar-refractivity contribution in [1.82, 2.24) is 10.6 Å². The predicted octanol–water partition coefficient (Wildman–Crippen LogP) is 1.42. The third-order valence-corrected chi connectivity index (χ3v) is 3.06. The molecule has 0 fully saturated rings. The van der Waals surface area contributed by atoms with Gasteiger partial charge in [-0.25, -0.2) is 9.79 Å². The minimum atomic E-state index is -0.554. The van der Waals surface area contributed by atoms with Gasteiger partial charge in [0.15, 0.2) is 0 Å². The van der Waals surface area contributed by atoms with Crippen LogP contribution in [0.5, 0.6) is 0 Å². The van der Waals surface area contributed by atoms with Gasteiger partial charge in [0.1, 0.15) is 11.4 Å². The summed E-state index contributed by atoms with van der Waals surface area (Å²) in [5.41, 5.74) is 0.377. The number of hydrogen-bond acceptors (Lipinski definition) is 4. The highest BCUT2D eigenvalue weighted by molar-refractivity contribution is 5.73. The summed E-state index contributed by atoms with van der Waals surface area (Å²) in [4.78, 5) is 15.3. The number of hydrogen-bond donors (Lipinski definition) is 2. The minimum Gasteiger partial charge on any atom is -0.438 e. The number of amides is 1. The highest BCUT2D eigenvalue weighted by Crippen LogP contribution is 2.33. The number of nitrogens with one attached hydrogen (secondary N) is 2. The van der Waals surface area contributed by atoms with Crippen molar-refractivity contribution >= 4 is 12.8 Å². The molecule has 0 spiro atoms. The zero-order valence-corrected chi connectivity index (χ0v) is 10.1. The first-order valence-corrected chi connectivity index (χ1v) is 5.42. The molecule has 1 aliphatic rings. The van der Waals surface area contributed by atoms with Gasteiger partial charge in [-0.05, 0) is 33.7 Å². The Morgan fingerprint density at radius 2 is 2.31 bits per heavy atom. The van der Waals surface area contributed by atoms with Gasteiger partial charge < -0.3 is 10.1 Å². The minimum absolute atomic E-state index is 0.453. The van der Waals surface area contributed by atoms with E-state index in [4.69, 9.17) is 4.74 Å². The van der Waals surface area contributed by atoms with Gasteiger partial charge in [-0.2, -0.15) is 0 Å². The molecule has 90 valence electrons. The quantitative estimate of drug-likeness (QED) is 0.695. The van der Waals surface area contributed by atoms with Crippen LogP contribution in [0.1, 0.15) is 26.7 Å². The van der Waals surface area contributed by atoms with E-state index in [0.29, 0.717) is 5.82 Å². The van der Waals surface area contributed by atoms with E-state index in [1.54, 1.807) is 0 Å². The second kappa shape index (κ2) is 5.12. The van der Waals surface area contributed by atoms with Crippen molar-refractivity contribution in [2.75, 3.05) is 13.6 Å². The fourth-order valence-electron chi connectivity index (χ4n) is 1.92. The predicted molar refractivity (Wildman–Crippen MR) is 63.4 cm³/mol. The molecule has 1 amide bonds. The highest BCUT2D eigenvalue weighted by Gasteiger charge is 2.39. The average molecular weight is 225 g/mol. The molecule has 1 heterocycles. The summed E-state index contributed by atoms with van der Waals surface area (Å²) >= 11 is 0. The fourth-order valence-corrected chi connectivity index (χ4v) is 1.92. The van der Waals surface area contributed by atoms with Crippen LogP contribution in [-0.4, -0.2) is 32.0 Å². The second-order valence-electron chi connectivity index (χ2n) is 3.85. The number of carbonyl (C=O) groups excluding carboxylic acids is 1. The molecule has 0 aliphatic carbocycles. The van der Waals surface area contributed by atoms with E-state index in [1.165, 1.54) is 0 Å². The van der Waals surface area contributed by atoms with Crippen LogP contribution in [-0.2, 0) is 4.74 Å². The van der Waals surface area contributed by atoms with Crippen molar-refractivity contribution in [3.05, 3.63) is 11.4 Å². The van der Waals surface area contributed by atoms with Crippen molar-refractivity contribution < 1.29 is 9.53 Å². The molecule has 2 N–H and O–H groups in total. The van der Waals surface area contributed by atoms with Gasteiger partial charge in [0, 0.05) is 12.0 Å². The standard InChI is InChI=1S/C11H19N3O2/c1-5-11(6-7-12-3)8(2)9(13-4)14-10(15)16-11/h12H,4-7H2,1-3H3,(H,14,15). The Bertz CT molecular complexity index is 325. The second-order valence-corrected chi connectivity index (χ2v) is 3.85. The molecule has 16 heavy (non-hydrogen) atoms. The topological polar surface area (TPSA) is 62.7 Å². The van der Waals surface area contributed by atoms with Crippen LogP contribution in [0.4, 0.5) is 4.79 Å². The smallest absolute Gasteiger partial charge is 0.413 e. The SMILES string of the molecule is C=NC1=C(C)C(CC)(CCNC)OC(=O)N1. The maximum Gasteiger partial charge on any atom is 0.413 e. The molecule has 0 saturated carbocycles. The van der Waals surface area contributed by atoms with E-state index in [1.807, 2.05) is 20.9 Å². The molecule has 0 saturated heterocycles. The van der Waals surface area contributed by atoms with E-state index in [0.717, 1.165) is 25.0 Å². The lowest BCUT2D eigenvalue weighted by atomic mass is 9.87. The van der Waals surface area contributed by atoms with Gasteiger partial charge in [-0.3, -0.25) is 5.32 Å². The lowest BCUT2D eigenvalue weighted by Crippen LogP contribution is -2.47. The third kappa shape index (κ3) is 2.24. The van der Waals surface area contributed by atoms with Crippen LogP contribution in [0, 0.1) is 0 Å². The molecule has 5 nitrogen and oxygen atoms in total. The lowest BCUT2D eigenvalue weighted by molar-refractivity contribution is 0.0217. The van der Waals surface area contributed by atoms with Gasteiger partial charge in [-0.15, -0.1) is 0 Å². The maximum absolute atomic E-state index is 11.4. The van der Waals surface area contributed by atoms with Crippen molar-refractivity contribution in [3.8, 4) is 0 Å². The lowest BCUT2D eigenvalue weighted by Gasteiger charge is -2.37. The molecule has 5 heteroatoms. The average Bonchev–Trinajstić information content (AvgIpc) is 2.30. The summed E-state index contributed by atoms with van der Waals surface area (Å²) in [6.07, 6.45) is 1.01. The summed E-state index contributed by atoms with van der Waals surface area (Å²) in [6, 6.07) is 0. The molecule has 0 radical (unpaired) electrons. The Morgan fingerprint density at radius 3 is 2.81 bits per heavy atom. The largest absolute Gasteiger partial charge is 0.438 e. The summed E-state index contributed by atoms with van der Waals surface area (Å²) in [5.74, 6) is 0.522. The monoisotopic (exact) mass is 225 g/mol. The van der Waals surface area contributed by atoms with Crippen molar-refractivity contribution in [1.29, 1.82) is 0 Å². The fraction of sp³-hybridized carbons (Fsp3) is 0.636. The van der Waals surface area contributed by atoms with Gasteiger partial charge in [0.05, 0.1) is 0 Å². The molecule has 1 atom stereocenters. The summed E-state index contributed by atoms with van der Waals surface area (Å²) in [7, 11) is 1.87. The number of alkyl carbamates (subject to hydrolysis) is 1. The Balaban J connectivity index is 3.05. The van der Waals surface area contributed by atoms with Crippen LogP contribution in [0.15, 0.2) is 16.4 Å². The Hall–Kier alpha value is -1.36. The number of rotatable bonds is 5. The van der Waals surface area contributed by atoms with E-state index in [2.05, 4.69) is 22.3 Å². The first-order valence-electron chi connectivity index (χ1n) is 5.42. The number of aliphatic imine (C=N–C) groups is 1. The highest BCUT2D eigenvalue weighted by atomic mass is 16.6. The third-order valence-electron chi connectivity index (χ3n) is 3.06. The molecule has 1 unspecified atom stereocenters. The maximum atomic E-state index is 11.4. The zero-order valence-electron chi connectivity index (χ0n) is 10.1. The number of carbonyl (C=O) groups is 1. The zero-order chi connectivity index (χ0) is 12.2. The molecule has 0 aromatic carbocycles. The van der Waals surface area contributed by atoms with Crippen molar-refractivity contribution in [2.24, 2.45) is 4.99 Å². The molecular formula is C11H19N3O2. The molecule has 0 bridgehead atoms. The van der Waals surface area contributed by atoms with E-state index in [9.17, 15) is 4.79 Å². The van der Waals surface area contributed by atoms with Crippen LogP contribution >= 0.6 is 0 Å². The Kier molecular flexibility index (Phi) is 4.06. The van der Waals surface area contributed by atoms with E-state index in [-0.39, 0.29) is 0 Å². The van der Waals surface area contributed by atoms with Gasteiger partial charge >= 0.3 is 6.09 Å². The molecule has 1 rings (SSSR count). The van der Waals surface area contributed by atoms with Crippen molar-refractivity contribution in [2.45, 2.75) is 32.3 Å². The molecule has 1 aliphatic heterocycles. The first kappa shape index (κ1) is 12.7. The molecular weight excluding hydrogens is 206 g/mol. The number of ether oxygens (including phenoxy) is 1. The summed E-state index contributed by atoms with van der Waals surface area (Å²) < 4.78 is 5.43. The van der Waals surface area contributed by atoms with E-state index < -0.39 is 11.7 Å². The summed E-state index contributed by atoms with van der Waals surface area (Å²) in [6.45, 7) is 8.15. The van der Waals surface area contributed by atoms with Crippen LogP contribution in [0.2, 0.25) is 0 Å². The van der Waals surface area contributed by atoms with Gasteiger partial charge in [0.2, 0.25) is 0 Å². The van der Waals surface area contributed by atoms with E-state index >= 15 is 0 Å². The number of nitrogens with zero attached hydrogens (tertiary/aromatic N) is 1. The summed E-state index contributed by atoms with van der Waals surface area (Å²) in [5, 5.41) is 5.61. The van der Waals surface area contributed by atoms with Gasteiger partial charge in [-0.1, -0.05) is 6.92 Å². The number of cyclic esters (lactones) is 1. The Labute approximate surface area is 96.0 Å². The van der Waals surface area contributed by atoms with Gasteiger partial charge in [0.25, 0.3) is 0 Å². The Morgan fingerprint density at radius 1 is 1.62 bits per heavy atom. The van der Waals surface area contributed by atoms with Crippen molar-refractivity contribution in [3.63, 3.8) is 0 Å². The van der Waals surface area contributed by atoms with Crippen LogP contribution < -0.4 is 10.6 Å². The normalized spacial score (nSPS) is 25.1. The van der Waals surface area contributed by atoms with Crippen LogP contribution in [0.3, 0.4) is 0 Å². The van der Waals surface area contributed by atoms with Crippen LogP contribution in [0.25, 0.3) is 0 Å². The molecule has 0 aromatic heterocycles.